The number of pyridine rings is 1. The lowest BCUT2D eigenvalue weighted by molar-refractivity contribution is 0.220. The number of hydrogen-bond acceptors (Lipinski definition) is 6. The van der Waals surface area contributed by atoms with Gasteiger partial charge in [-0.3, -0.25) is 9.67 Å². The lowest BCUT2D eigenvalue weighted by Gasteiger charge is -2.39. The molecule has 7 heteroatoms. The van der Waals surface area contributed by atoms with E-state index in [-0.39, 0.29) is 0 Å². The fourth-order valence-electron chi connectivity index (χ4n) is 2.70. The molecule has 0 radical (unpaired) electrons. The van der Waals surface area contributed by atoms with Gasteiger partial charge in [0.2, 0.25) is 0 Å². The topological polar surface area (TPSA) is 69.0 Å². The van der Waals surface area contributed by atoms with Crippen LogP contribution in [-0.2, 0) is 7.05 Å². The van der Waals surface area contributed by atoms with Gasteiger partial charge in [0.1, 0.15) is 17.9 Å². The molecule has 0 bridgehead atoms. The normalized spacial score (nSPS) is 15.0. The third-order valence-corrected chi connectivity index (χ3v) is 3.89. The molecule has 0 amide bonds. The van der Waals surface area contributed by atoms with Gasteiger partial charge in [0, 0.05) is 32.3 Å². The highest BCUT2D eigenvalue weighted by Gasteiger charge is 2.30. The summed E-state index contributed by atoms with van der Waals surface area (Å²) in [6.45, 7) is 2.56. The summed E-state index contributed by atoms with van der Waals surface area (Å²) >= 11 is 0. The summed E-state index contributed by atoms with van der Waals surface area (Å²) in [4.78, 5) is 15.0. The zero-order valence-corrected chi connectivity index (χ0v) is 12.3. The first-order valence-electron chi connectivity index (χ1n) is 7.22. The Labute approximate surface area is 127 Å². The number of aryl methyl sites for hydroxylation is 1. The van der Waals surface area contributed by atoms with E-state index < -0.39 is 0 Å². The van der Waals surface area contributed by atoms with Gasteiger partial charge in [-0.2, -0.15) is 5.10 Å². The molecule has 1 aliphatic rings. The van der Waals surface area contributed by atoms with E-state index in [9.17, 15) is 0 Å². The van der Waals surface area contributed by atoms with E-state index in [4.69, 9.17) is 4.74 Å². The summed E-state index contributed by atoms with van der Waals surface area (Å²) in [7, 11) is 1.89. The van der Waals surface area contributed by atoms with Crippen molar-refractivity contribution in [1.29, 1.82) is 0 Å². The van der Waals surface area contributed by atoms with Crippen LogP contribution in [0.1, 0.15) is 0 Å². The molecular weight excluding hydrogens is 280 g/mol. The fourth-order valence-corrected chi connectivity index (χ4v) is 2.70. The lowest BCUT2D eigenvalue weighted by atomic mass is 10.0. The second kappa shape index (κ2) is 5.25. The van der Waals surface area contributed by atoms with Crippen LogP contribution in [0, 0.1) is 5.92 Å². The average Bonchev–Trinajstić information content (AvgIpc) is 2.89. The summed E-state index contributed by atoms with van der Waals surface area (Å²) in [5.41, 5.74) is 0.861. The third kappa shape index (κ3) is 2.24. The molecule has 4 heterocycles. The van der Waals surface area contributed by atoms with E-state index in [1.54, 1.807) is 23.4 Å². The first-order valence-corrected chi connectivity index (χ1v) is 7.22. The first-order chi connectivity index (χ1) is 10.8. The van der Waals surface area contributed by atoms with Gasteiger partial charge in [-0.25, -0.2) is 9.97 Å². The highest BCUT2D eigenvalue weighted by Crippen LogP contribution is 2.28. The van der Waals surface area contributed by atoms with Crippen molar-refractivity contribution in [3.05, 3.63) is 37.1 Å². The van der Waals surface area contributed by atoms with Crippen LogP contribution in [0.5, 0.6) is 5.75 Å². The quantitative estimate of drug-likeness (QED) is 0.722. The van der Waals surface area contributed by atoms with Crippen LogP contribution in [0.25, 0.3) is 11.0 Å². The van der Waals surface area contributed by atoms with Crippen LogP contribution in [0.2, 0.25) is 0 Å². The fraction of sp³-hybridized carbons (Fsp3) is 0.333. The van der Waals surface area contributed by atoms with Gasteiger partial charge in [0.15, 0.2) is 5.65 Å². The van der Waals surface area contributed by atoms with Gasteiger partial charge in [-0.05, 0) is 12.1 Å². The minimum absolute atomic E-state index is 0.502. The summed E-state index contributed by atoms with van der Waals surface area (Å²) in [5, 5.41) is 5.24. The van der Waals surface area contributed by atoms with E-state index in [1.807, 2.05) is 25.4 Å². The van der Waals surface area contributed by atoms with Crippen molar-refractivity contribution in [2.24, 2.45) is 13.0 Å². The number of nitrogens with zero attached hydrogens (tertiary/aromatic N) is 6. The van der Waals surface area contributed by atoms with Gasteiger partial charge in [0.25, 0.3) is 0 Å². The zero-order valence-electron chi connectivity index (χ0n) is 12.3. The minimum Gasteiger partial charge on any atom is -0.492 e. The van der Waals surface area contributed by atoms with Crippen molar-refractivity contribution < 1.29 is 4.74 Å². The number of ether oxygens (including phenoxy) is 1. The molecule has 1 saturated heterocycles. The van der Waals surface area contributed by atoms with Crippen molar-refractivity contribution in [2.45, 2.75) is 0 Å². The first kappa shape index (κ1) is 13.0. The van der Waals surface area contributed by atoms with Crippen molar-refractivity contribution in [3.8, 4) is 5.75 Å². The Morgan fingerprint density at radius 2 is 2.18 bits per heavy atom. The van der Waals surface area contributed by atoms with Crippen LogP contribution in [0.15, 0.2) is 37.1 Å². The third-order valence-electron chi connectivity index (χ3n) is 3.89. The summed E-state index contributed by atoms with van der Waals surface area (Å²) in [6, 6.07) is 3.80. The Balaban J connectivity index is 1.40. The molecule has 1 fully saturated rings. The maximum Gasteiger partial charge on any atom is 0.163 e. The molecule has 0 N–H and O–H groups in total. The van der Waals surface area contributed by atoms with Crippen LogP contribution in [0.3, 0.4) is 0 Å². The molecule has 0 saturated carbocycles. The Hall–Kier alpha value is -2.70. The minimum atomic E-state index is 0.502. The molecule has 0 atom stereocenters. The molecule has 0 aliphatic carbocycles. The molecule has 1 aliphatic heterocycles. The van der Waals surface area contributed by atoms with Crippen molar-refractivity contribution in [3.63, 3.8) is 0 Å². The highest BCUT2D eigenvalue weighted by atomic mass is 16.5. The monoisotopic (exact) mass is 296 g/mol. The molecule has 112 valence electrons. The van der Waals surface area contributed by atoms with E-state index in [0.717, 1.165) is 35.7 Å². The molecule has 4 rings (SSSR count). The average molecular weight is 296 g/mol. The Kier molecular flexibility index (Phi) is 3.10. The molecule has 7 nitrogen and oxygen atoms in total. The lowest BCUT2D eigenvalue weighted by Crippen LogP contribution is -2.49. The van der Waals surface area contributed by atoms with Crippen molar-refractivity contribution in [2.75, 3.05) is 24.6 Å². The second-order valence-electron chi connectivity index (χ2n) is 5.47. The smallest absolute Gasteiger partial charge is 0.163 e. The predicted molar refractivity (Wildman–Crippen MR) is 81.7 cm³/mol. The molecule has 0 unspecified atom stereocenters. The molecule has 22 heavy (non-hydrogen) atoms. The van der Waals surface area contributed by atoms with Crippen LogP contribution < -0.4 is 9.64 Å². The van der Waals surface area contributed by atoms with E-state index in [1.165, 1.54) is 0 Å². The largest absolute Gasteiger partial charge is 0.492 e. The van der Waals surface area contributed by atoms with Gasteiger partial charge >= 0.3 is 0 Å². The number of aromatic nitrogens is 5. The Bertz CT molecular complexity index is 781. The van der Waals surface area contributed by atoms with Crippen molar-refractivity contribution in [1.82, 2.24) is 24.7 Å². The van der Waals surface area contributed by atoms with Crippen LogP contribution in [-0.4, -0.2) is 44.4 Å². The van der Waals surface area contributed by atoms with Gasteiger partial charge in [0.05, 0.1) is 24.4 Å². The van der Waals surface area contributed by atoms with Gasteiger partial charge < -0.3 is 9.64 Å². The maximum absolute atomic E-state index is 5.75. The number of anilines is 1. The van der Waals surface area contributed by atoms with E-state index in [2.05, 4.69) is 25.0 Å². The SMILES string of the molecule is Cn1ncc2c(N3CC(COc4cccnc4)C3)ncnc21. The second-order valence-corrected chi connectivity index (χ2v) is 5.47. The van der Waals surface area contributed by atoms with E-state index in [0.29, 0.717) is 12.5 Å². The van der Waals surface area contributed by atoms with Crippen molar-refractivity contribution >= 4 is 16.9 Å². The molecule has 3 aromatic rings. The maximum atomic E-state index is 5.75. The van der Waals surface area contributed by atoms with Gasteiger partial charge in [-0.1, -0.05) is 0 Å². The molecule has 0 spiro atoms. The predicted octanol–water partition coefficient (Wildman–Crippen LogP) is 1.27. The van der Waals surface area contributed by atoms with Gasteiger partial charge in [-0.15, -0.1) is 0 Å². The number of rotatable bonds is 4. The Morgan fingerprint density at radius 3 is 3.00 bits per heavy atom. The number of hydrogen-bond donors (Lipinski definition) is 0. The van der Waals surface area contributed by atoms with Crippen LogP contribution >= 0.6 is 0 Å². The molecular formula is C15H16N6O. The zero-order chi connectivity index (χ0) is 14.9. The summed E-state index contributed by atoms with van der Waals surface area (Å²) in [5.74, 6) is 2.27. The Morgan fingerprint density at radius 1 is 1.27 bits per heavy atom. The number of fused-ring (bicyclic) bond motifs is 1. The highest BCUT2D eigenvalue weighted by molar-refractivity contribution is 5.86. The molecule has 3 aromatic heterocycles. The summed E-state index contributed by atoms with van der Waals surface area (Å²) in [6.07, 6.45) is 6.90. The standard InChI is InChI=1S/C15H16N6O/c1-20-14-13(6-19-20)15(18-10-17-14)21-7-11(8-21)9-22-12-3-2-4-16-5-12/h2-6,10-11H,7-9H2,1H3. The van der Waals surface area contributed by atoms with E-state index >= 15 is 0 Å². The summed E-state index contributed by atoms with van der Waals surface area (Å²) < 4.78 is 7.51. The molecule has 0 aromatic carbocycles. The van der Waals surface area contributed by atoms with Crippen LogP contribution in [0.4, 0.5) is 5.82 Å².